The average molecular weight is 198 g/mol. The van der Waals surface area contributed by atoms with E-state index in [1.54, 1.807) is 15.8 Å². The van der Waals surface area contributed by atoms with Crippen LogP contribution in [0.4, 0.5) is 0 Å². The van der Waals surface area contributed by atoms with Gasteiger partial charge in [0.25, 0.3) is 14.1 Å². The monoisotopic (exact) mass is 198 g/mol. The molecule has 0 aromatic heterocycles. The molecule has 0 aliphatic heterocycles. The van der Waals surface area contributed by atoms with Crippen LogP contribution in [-0.2, 0) is 0 Å². The summed E-state index contributed by atoms with van der Waals surface area (Å²) < 4.78 is 0. The predicted octanol–water partition coefficient (Wildman–Crippen LogP) is 4.59. The number of rotatable bonds is 7. The van der Waals surface area contributed by atoms with Crippen LogP contribution in [-0.4, -0.2) is 14.1 Å². The van der Waals surface area contributed by atoms with Crippen molar-refractivity contribution < 1.29 is 0 Å². The fourth-order valence-corrected chi connectivity index (χ4v) is 6.47. The third-order valence-electron chi connectivity index (χ3n) is 2.58. The SMILES string of the molecule is CCC[CH2][Al]([CH2]C(C)C)[CH2]C(C)C. The highest BCUT2D eigenvalue weighted by Gasteiger charge is 2.18. The van der Waals surface area contributed by atoms with E-state index < -0.39 is 0 Å². The Hall–Kier alpha value is 0.532. The first kappa shape index (κ1) is 13.5. The Morgan fingerprint density at radius 1 is 0.923 bits per heavy atom. The zero-order valence-electron chi connectivity index (χ0n) is 10.3. The van der Waals surface area contributed by atoms with Crippen molar-refractivity contribution in [2.45, 2.75) is 63.3 Å². The number of unbranched alkanes of at least 4 members (excludes halogenated alkanes) is 1. The second-order valence-electron chi connectivity index (χ2n) is 5.27. The summed E-state index contributed by atoms with van der Waals surface area (Å²) in [7, 11) is 0. The maximum atomic E-state index is 2.38. The van der Waals surface area contributed by atoms with Crippen LogP contribution in [0, 0.1) is 11.8 Å². The lowest BCUT2D eigenvalue weighted by Crippen LogP contribution is -2.17. The highest BCUT2D eigenvalue weighted by molar-refractivity contribution is 6.58. The second kappa shape index (κ2) is 7.89. The molecule has 0 N–H and O–H groups in total. The minimum absolute atomic E-state index is 0.367. The molecule has 1 heteroatoms. The first-order valence-electron chi connectivity index (χ1n) is 6.06. The topological polar surface area (TPSA) is 0 Å². The lowest BCUT2D eigenvalue weighted by molar-refractivity contribution is 0.682. The van der Waals surface area contributed by atoms with Crippen LogP contribution in [0.5, 0.6) is 0 Å². The van der Waals surface area contributed by atoms with Crippen LogP contribution in [0.1, 0.15) is 47.5 Å². The lowest BCUT2D eigenvalue weighted by Gasteiger charge is -2.15. The predicted molar refractivity (Wildman–Crippen MR) is 64.8 cm³/mol. The third-order valence-corrected chi connectivity index (χ3v) is 7.02. The molecular weight excluding hydrogens is 171 g/mol. The highest BCUT2D eigenvalue weighted by Crippen LogP contribution is 2.19. The molecule has 0 spiro atoms. The second-order valence-corrected chi connectivity index (χ2v) is 8.52. The van der Waals surface area contributed by atoms with Gasteiger partial charge in [-0.15, -0.1) is 0 Å². The summed E-state index contributed by atoms with van der Waals surface area (Å²) in [5.41, 5.74) is 0. The Morgan fingerprint density at radius 3 is 1.69 bits per heavy atom. The summed E-state index contributed by atoms with van der Waals surface area (Å²) in [5.74, 6) is 1.87. The summed E-state index contributed by atoms with van der Waals surface area (Å²) in [4.78, 5) is 0. The largest absolute Gasteiger partial charge is 0.262 e. The fraction of sp³-hybridized carbons (Fsp3) is 1.00. The van der Waals surface area contributed by atoms with E-state index in [4.69, 9.17) is 0 Å². The van der Waals surface area contributed by atoms with E-state index in [1.807, 2.05) is 0 Å². The zero-order valence-corrected chi connectivity index (χ0v) is 11.4. The molecule has 0 fully saturated rings. The van der Waals surface area contributed by atoms with Gasteiger partial charge in [0.2, 0.25) is 0 Å². The van der Waals surface area contributed by atoms with Crippen LogP contribution in [0.15, 0.2) is 0 Å². The first-order chi connectivity index (χ1) is 6.06. The molecule has 0 aromatic carbocycles. The Balaban J connectivity index is 3.73. The van der Waals surface area contributed by atoms with Crippen molar-refractivity contribution in [3.05, 3.63) is 0 Å². The molecule has 0 rings (SSSR count). The molecule has 78 valence electrons. The summed E-state index contributed by atoms with van der Waals surface area (Å²) in [6, 6.07) is 0. The molecule has 0 unspecified atom stereocenters. The normalized spacial score (nSPS) is 11.3. The number of hydrogen-bond acceptors (Lipinski definition) is 0. The van der Waals surface area contributed by atoms with Crippen molar-refractivity contribution >= 4 is 14.1 Å². The van der Waals surface area contributed by atoms with E-state index >= 15 is 0 Å². The molecule has 0 bridgehead atoms. The van der Waals surface area contributed by atoms with Crippen molar-refractivity contribution in [3.8, 4) is 0 Å². The molecule has 0 atom stereocenters. The van der Waals surface area contributed by atoms with E-state index in [0.717, 1.165) is 11.8 Å². The van der Waals surface area contributed by atoms with Gasteiger partial charge in [0, 0.05) is 0 Å². The minimum Gasteiger partial charge on any atom is -0.0939 e. The molecule has 0 saturated heterocycles. The van der Waals surface area contributed by atoms with E-state index in [2.05, 4.69) is 34.6 Å². The molecule has 0 aromatic rings. The lowest BCUT2D eigenvalue weighted by atomic mass is 10.3. The van der Waals surface area contributed by atoms with E-state index in [0.29, 0.717) is 0 Å². The van der Waals surface area contributed by atoms with Gasteiger partial charge >= 0.3 is 0 Å². The highest BCUT2D eigenvalue weighted by atomic mass is 27.2. The summed E-state index contributed by atoms with van der Waals surface area (Å²) in [6.07, 6.45) is 2.87. The van der Waals surface area contributed by atoms with Crippen molar-refractivity contribution in [2.75, 3.05) is 0 Å². The van der Waals surface area contributed by atoms with Crippen molar-refractivity contribution in [3.63, 3.8) is 0 Å². The smallest absolute Gasteiger partial charge is 0.0939 e. The molecule has 0 radical (unpaired) electrons. The Morgan fingerprint density at radius 2 is 1.38 bits per heavy atom. The standard InChI is InChI=1S/3C4H9.Al/c2*1-4(2)3;1-3-4-2;/h2*4H,1H2,2-3H3;1,3-4H2,2H3;. The van der Waals surface area contributed by atoms with E-state index in [1.165, 1.54) is 12.8 Å². The van der Waals surface area contributed by atoms with Gasteiger partial charge < -0.3 is 0 Å². The molecular formula is C12H27Al. The van der Waals surface area contributed by atoms with Gasteiger partial charge in [-0.3, -0.25) is 0 Å². The molecule has 0 aliphatic carbocycles. The maximum Gasteiger partial charge on any atom is 0.262 e. The van der Waals surface area contributed by atoms with Crippen molar-refractivity contribution in [1.82, 2.24) is 0 Å². The number of hydrogen-bond donors (Lipinski definition) is 0. The van der Waals surface area contributed by atoms with Gasteiger partial charge in [0.15, 0.2) is 0 Å². The van der Waals surface area contributed by atoms with Crippen LogP contribution in [0.25, 0.3) is 0 Å². The summed E-state index contributed by atoms with van der Waals surface area (Å²) in [6.45, 7) is 11.8. The van der Waals surface area contributed by atoms with E-state index in [9.17, 15) is 0 Å². The molecule has 0 nitrogen and oxygen atoms in total. The van der Waals surface area contributed by atoms with Gasteiger partial charge in [-0.05, 0) is 0 Å². The quantitative estimate of drug-likeness (QED) is 0.525. The molecule has 0 saturated carbocycles. The Kier molecular flexibility index (Phi) is 8.22. The van der Waals surface area contributed by atoms with Crippen molar-refractivity contribution in [2.24, 2.45) is 11.8 Å². The van der Waals surface area contributed by atoms with Gasteiger partial charge in [-0.25, -0.2) is 0 Å². The first-order valence-corrected chi connectivity index (χ1v) is 8.51. The zero-order chi connectivity index (χ0) is 10.3. The van der Waals surface area contributed by atoms with Gasteiger partial charge in [0.1, 0.15) is 0 Å². The Bertz CT molecular complexity index is 97.7. The van der Waals surface area contributed by atoms with Crippen LogP contribution < -0.4 is 0 Å². The van der Waals surface area contributed by atoms with Crippen LogP contribution in [0.2, 0.25) is 15.8 Å². The van der Waals surface area contributed by atoms with Crippen molar-refractivity contribution in [1.29, 1.82) is 0 Å². The third kappa shape index (κ3) is 8.85. The minimum atomic E-state index is -0.367. The molecule has 0 amide bonds. The summed E-state index contributed by atoms with van der Waals surface area (Å²) >= 11 is -0.367. The van der Waals surface area contributed by atoms with Gasteiger partial charge in [0.05, 0.1) is 0 Å². The Labute approximate surface area is 89.5 Å². The molecule has 0 aliphatic rings. The van der Waals surface area contributed by atoms with Gasteiger partial charge in [-0.1, -0.05) is 75.1 Å². The summed E-state index contributed by atoms with van der Waals surface area (Å²) in [5, 5.41) is 4.73. The molecule has 0 heterocycles. The molecule has 13 heavy (non-hydrogen) atoms. The average Bonchev–Trinajstić information content (AvgIpc) is 1.98. The van der Waals surface area contributed by atoms with Gasteiger partial charge in [-0.2, -0.15) is 0 Å². The van der Waals surface area contributed by atoms with Crippen LogP contribution in [0.3, 0.4) is 0 Å². The van der Waals surface area contributed by atoms with Crippen LogP contribution >= 0.6 is 0 Å². The van der Waals surface area contributed by atoms with E-state index in [-0.39, 0.29) is 14.1 Å². The maximum absolute atomic E-state index is 2.38. The fourth-order valence-electron chi connectivity index (χ4n) is 2.16.